The Morgan fingerprint density at radius 1 is 1.29 bits per heavy atom. The van der Waals surface area contributed by atoms with E-state index < -0.39 is 0 Å². The number of nitrogens with one attached hydrogen (secondary N) is 1. The molecule has 1 aromatic rings. The van der Waals surface area contributed by atoms with Gasteiger partial charge >= 0.3 is 0 Å². The largest absolute Gasteiger partial charge is 0.357 e. The van der Waals surface area contributed by atoms with Gasteiger partial charge in [0, 0.05) is 25.3 Å². The van der Waals surface area contributed by atoms with Crippen molar-refractivity contribution in [1.29, 1.82) is 0 Å². The van der Waals surface area contributed by atoms with Gasteiger partial charge < -0.3 is 10.2 Å². The first-order valence-corrected chi connectivity index (χ1v) is 8.30. The molecule has 0 bridgehead atoms. The van der Waals surface area contributed by atoms with Crippen LogP contribution in [0.15, 0.2) is 18.3 Å². The van der Waals surface area contributed by atoms with Gasteiger partial charge in [0.25, 0.3) is 0 Å². The lowest BCUT2D eigenvalue weighted by molar-refractivity contribution is 0.220. The summed E-state index contributed by atoms with van der Waals surface area (Å²) in [7, 11) is 2.00. The van der Waals surface area contributed by atoms with Gasteiger partial charge in [-0.1, -0.05) is 20.8 Å². The fourth-order valence-corrected chi connectivity index (χ4v) is 3.23. The summed E-state index contributed by atoms with van der Waals surface area (Å²) in [6, 6.07) is 4.74. The maximum absolute atomic E-state index is 4.61. The third-order valence-electron chi connectivity index (χ3n) is 4.98. The maximum Gasteiger partial charge on any atom is 0.128 e. The summed E-state index contributed by atoms with van der Waals surface area (Å²) in [4.78, 5) is 7.08. The lowest BCUT2D eigenvalue weighted by atomic mass is 9.77. The van der Waals surface area contributed by atoms with E-state index in [2.05, 4.69) is 55.0 Å². The van der Waals surface area contributed by atoms with E-state index in [1.54, 1.807) is 0 Å². The molecule has 1 aromatic heterocycles. The Morgan fingerprint density at radius 2 is 2.05 bits per heavy atom. The van der Waals surface area contributed by atoms with Gasteiger partial charge in [0.15, 0.2) is 0 Å². The fraction of sp³-hybridized carbons (Fsp3) is 0.722. The SMILES string of the molecule is CNC(C)c1ccnc(N2CCCC(C(C)(C)C)CC2)c1. The van der Waals surface area contributed by atoms with Crippen molar-refractivity contribution in [2.75, 3.05) is 25.0 Å². The van der Waals surface area contributed by atoms with Crippen molar-refractivity contribution in [3.05, 3.63) is 23.9 Å². The van der Waals surface area contributed by atoms with Crippen LogP contribution in [0, 0.1) is 11.3 Å². The summed E-state index contributed by atoms with van der Waals surface area (Å²) < 4.78 is 0. The topological polar surface area (TPSA) is 28.2 Å². The fourth-order valence-electron chi connectivity index (χ4n) is 3.23. The Bertz CT molecular complexity index is 450. The van der Waals surface area contributed by atoms with E-state index in [1.165, 1.54) is 24.8 Å². The molecule has 1 N–H and O–H groups in total. The number of pyridine rings is 1. The van der Waals surface area contributed by atoms with Gasteiger partial charge in [-0.3, -0.25) is 0 Å². The molecule has 0 saturated carbocycles. The Labute approximate surface area is 130 Å². The van der Waals surface area contributed by atoms with E-state index >= 15 is 0 Å². The van der Waals surface area contributed by atoms with Crippen molar-refractivity contribution >= 4 is 5.82 Å². The van der Waals surface area contributed by atoms with E-state index in [9.17, 15) is 0 Å². The average molecular weight is 289 g/mol. The molecular weight excluding hydrogens is 258 g/mol. The van der Waals surface area contributed by atoms with Crippen molar-refractivity contribution in [3.8, 4) is 0 Å². The zero-order valence-corrected chi connectivity index (χ0v) is 14.3. The van der Waals surface area contributed by atoms with Gasteiger partial charge in [0.1, 0.15) is 5.82 Å². The molecule has 0 aliphatic carbocycles. The van der Waals surface area contributed by atoms with Crippen LogP contribution in [0.4, 0.5) is 5.82 Å². The molecule has 0 spiro atoms. The molecule has 1 aliphatic heterocycles. The van der Waals surface area contributed by atoms with Crippen LogP contribution in [-0.2, 0) is 0 Å². The van der Waals surface area contributed by atoms with E-state index in [4.69, 9.17) is 0 Å². The highest BCUT2D eigenvalue weighted by Gasteiger charge is 2.27. The van der Waals surface area contributed by atoms with Crippen molar-refractivity contribution in [2.24, 2.45) is 11.3 Å². The van der Waals surface area contributed by atoms with E-state index in [0.29, 0.717) is 11.5 Å². The third-order valence-corrected chi connectivity index (χ3v) is 4.98. The van der Waals surface area contributed by atoms with Crippen molar-refractivity contribution in [2.45, 2.75) is 53.0 Å². The van der Waals surface area contributed by atoms with Crippen LogP contribution >= 0.6 is 0 Å². The van der Waals surface area contributed by atoms with Crippen LogP contribution < -0.4 is 10.2 Å². The lowest BCUT2D eigenvalue weighted by Gasteiger charge is -2.30. The molecule has 0 aromatic carbocycles. The number of aromatic nitrogens is 1. The first-order valence-electron chi connectivity index (χ1n) is 8.30. The summed E-state index contributed by atoms with van der Waals surface area (Å²) in [5.74, 6) is 1.96. The van der Waals surface area contributed by atoms with Crippen molar-refractivity contribution in [1.82, 2.24) is 10.3 Å². The van der Waals surface area contributed by atoms with Gasteiger partial charge in [-0.25, -0.2) is 4.98 Å². The normalized spacial score (nSPS) is 22.0. The quantitative estimate of drug-likeness (QED) is 0.911. The van der Waals surface area contributed by atoms with E-state index in [1.807, 2.05) is 13.2 Å². The van der Waals surface area contributed by atoms with Gasteiger partial charge in [-0.15, -0.1) is 0 Å². The second-order valence-corrected chi connectivity index (χ2v) is 7.44. The molecule has 3 nitrogen and oxygen atoms in total. The molecule has 1 saturated heterocycles. The maximum atomic E-state index is 4.61. The van der Waals surface area contributed by atoms with Crippen molar-refractivity contribution in [3.63, 3.8) is 0 Å². The second kappa shape index (κ2) is 6.78. The molecule has 2 rings (SSSR count). The van der Waals surface area contributed by atoms with Gasteiger partial charge in [0.05, 0.1) is 0 Å². The van der Waals surface area contributed by atoms with E-state index in [-0.39, 0.29) is 0 Å². The molecule has 118 valence electrons. The number of anilines is 1. The Morgan fingerprint density at radius 3 is 2.71 bits per heavy atom. The van der Waals surface area contributed by atoms with Gasteiger partial charge in [-0.2, -0.15) is 0 Å². The minimum atomic E-state index is 0.376. The minimum absolute atomic E-state index is 0.376. The number of hydrogen-bond donors (Lipinski definition) is 1. The van der Waals surface area contributed by atoms with Crippen LogP contribution in [0.3, 0.4) is 0 Å². The third kappa shape index (κ3) is 4.19. The van der Waals surface area contributed by atoms with Gasteiger partial charge in [0.2, 0.25) is 0 Å². The predicted molar refractivity (Wildman–Crippen MR) is 90.7 cm³/mol. The second-order valence-electron chi connectivity index (χ2n) is 7.44. The summed E-state index contributed by atoms with van der Waals surface area (Å²) >= 11 is 0. The molecule has 2 unspecified atom stereocenters. The highest BCUT2D eigenvalue weighted by Crippen LogP contribution is 2.35. The molecule has 2 heterocycles. The highest BCUT2D eigenvalue weighted by molar-refractivity contribution is 5.42. The minimum Gasteiger partial charge on any atom is -0.357 e. The Balaban J connectivity index is 2.09. The summed E-state index contributed by atoms with van der Waals surface area (Å²) in [5, 5.41) is 3.30. The highest BCUT2D eigenvalue weighted by atomic mass is 15.2. The van der Waals surface area contributed by atoms with Crippen LogP contribution in [0.25, 0.3) is 0 Å². The monoisotopic (exact) mass is 289 g/mol. The summed E-state index contributed by atoms with van der Waals surface area (Å²) in [5.41, 5.74) is 1.74. The zero-order valence-electron chi connectivity index (χ0n) is 14.3. The van der Waals surface area contributed by atoms with Crippen LogP contribution in [0.1, 0.15) is 58.6 Å². The Hall–Kier alpha value is -1.09. The van der Waals surface area contributed by atoms with Crippen LogP contribution in [0.5, 0.6) is 0 Å². The molecule has 21 heavy (non-hydrogen) atoms. The number of rotatable bonds is 3. The predicted octanol–water partition coefficient (Wildman–Crippen LogP) is 4.01. The molecule has 1 fully saturated rings. The first-order chi connectivity index (χ1) is 9.91. The number of hydrogen-bond acceptors (Lipinski definition) is 3. The van der Waals surface area contributed by atoms with E-state index in [0.717, 1.165) is 24.8 Å². The number of nitrogens with zero attached hydrogens (tertiary/aromatic N) is 2. The molecule has 0 amide bonds. The van der Waals surface area contributed by atoms with Crippen LogP contribution in [0.2, 0.25) is 0 Å². The van der Waals surface area contributed by atoms with Crippen molar-refractivity contribution < 1.29 is 0 Å². The molecule has 2 atom stereocenters. The summed E-state index contributed by atoms with van der Waals surface area (Å²) in [6.07, 6.45) is 5.84. The van der Waals surface area contributed by atoms with Gasteiger partial charge in [-0.05, 0) is 62.3 Å². The molecule has 3 heteroatoms. The average Bonchev–Trinajstić information content (AvgIpc) is 2.72. The first kappa shape index (κ1) is 16.3. The molecule has 1 aliphatic rings. The summed E-state index contributed by atoms with van der Waals surface area (Å²) in [6.45, 7) is 11.6. The zero-order chi connectivity index (χ0) is 15.5. The molecule has 0 radical (unpaired) electrons. The lowest BCUT2D eigenvalue weighted by Crippen LogP contribution is -2.27. The van der Waals surface area contributed by atoms with Crippen LogP contribution in [-0.4, -0.2) is 25.1 Å². The smallest absolute Gasteiger partial charge is 0.128 e. The molecular formula is C18H31N3. The Kier molecular flexibility index (Phi) is 5.26. The standard InChI is InChI=1S/C18H31N3/c1-14(19-5)15-8-10-20-17(13-15)21-11-6-7-16(9-12-21)18(2,3)4/h8,10,13-14,16,19H,6-7,9,11-12H2,1-5H3.